The minimum Gasteiger partial charge on any atom is -0.362 e. The number of fused-ring (bicyclic) bond motifs is 1. The Morgan fingerprint density at radius 3 is 2.30 bits per heavy atom. The van der Waals surface area contributed by atoms with Crippen LogP contribution in [0.15, 0.2) is 112 Å². The van der Waals surface area contributed by atoms with Crippen molar-refractivity contribution in [3.05, 3.63) is 124 Å². The van der Waals surface area contributed by atoms with Crippen molar-refractivity contribution >= 4 is 39.3 Å². The molecule has 0 saturated heterocycles. The number of aromatic nitrogens is 1. The molecule has 0 bridgehead atoms. The van der Waals surface area contributed by atoms with Crippen LogP contribution in [0.1, 0.15) is 23.1 Å². The third-order valence-electron chi connectivity index (χ3n) is 6.21. The maximum Gasteiger partial charge on any atom is 0.227 e. The molecule has 0 saturated carbocycles. The van der Waals surface area contributed by atoms with Crippen LogP contribution in [0, 0.1) is 11.3 Å². The number of nitrogens with one attached hydrogen (secondary N) is 1. The summed E-state index contributed by atoms with van der Waals surface area (Å²) in [6.45, 7) is 0. The van der Waals surface area contributed by atoms with Crippen LogP contribution in [0.25, 0.3) is 10.8 Å². The van der Waals surface area contributed by atoms with Crippen LogP contribution in [0.2, 0.25) is 0 Å². The second kappa shape index (κ2) is 8.68. The molecule has 3 atom stereocenters. The quantitative estimate of drug-likeness (QED) is 0.256. The Labute approximate surface area is 206 Å². The zero-order valence-electron chi connectivity index (χ0n) is 17.6. The van der Waals surface area contributed by atoms with E-state index in [0.29, 0.717) is 16.2 Å². The number of rotatable bonds is 3. The lowest BCUT2D eigenvalue weighted by Crippen LogP contribution is -2.62. The lowest BCUT2D eigenvalue weighted by molar-refractivity contribution is -0.742. The van der Waals surface area contributed by atoms with E-state index in [0.717, 1.165) is 20.8 Å². The van der Waals surface area contributed by atoms with Crippen molar-refractivity contribution in [3.63, 3.8) is 0 Å². The predicted molar refractivity (Wildman–Crippen MR) is 135 cm³/mol. The number of thiol groups is 1. The van der Waals surface area contributed by atoms with Gasteiger partial charge in [0.15, 0.2) is 12.4 Å². The van der Waals surface area contributed by atoms with Crippen molar-refractivity contribution in [2.75, 3.05) is 0 Å². The van der Waals surface area contributed by atoms with Gasteiger partial charge in [-0.25, -0.2) is 0 Å². The zero-order valence-corrected chi connectivity index (χ0v) is 20.0. The van der Waals surface area contributed by atoms with Crippen LogP contribution >= 0.6 is 28.6 Å². The molecule has 4 aromatic rings. The number of halogens is 1. The molecule has 162 valence electrons. The minimum absolute atomic E-state index is 0.370. The number of nitriles is 1. The molecular formula is C27H21BrN3OS+. The highest BCUT2D eigenvalue weighted by molar-refractivity contribution is 9.10. The second-order valence-electron chi connectivity index (χ2n) is 8.13. The van der Waals surface area contributed by atoms with Crippen LogP contribution in [0.5, 0.6) is 0 Å². The average molecular weight is 515 g/mol. The van der Waals surface area contributed by atoms with Gasteiger partial charge in [0.25, 0.3) is 0 Å². The molecule has 1 aliphatic heterocycles. The summed E-state index contributed by atoms with van der Waals surface area (Å²) in [7, 11) is 0. The van der Waals surface area contributed by atoms with Crippen LogP contribution in [-0.4, -0.2) is 5.11 Å². The van der Waals surface area contributed by atoms with Gasteiger partial charge in [0, 0.05) is 21.5 Å². The van der Waals surface area contributed by atoms with Gasteiger partial charge in [-0.15, -0.1) is 12.6 Å². The van der Waals surface area contributed by atoms with E-state index < -0.39 is 17.7 Å². The first kappa shape index (κ1) is 21.7. The van der Waals surface area contributed by atoms with E-state index in [1.165, 1.54) is 0 Å². The number of aliphatic hydroxyl groups is 1. The first-order valence-electron chi connectivity index (χ1n) is 10.6. The van der Waals surface area contributed by atoms with Gasteiger partial charge >= 0.3 is 0 Å². The van der Waals surface area contributed by atoms with Gasteiger partial charge in [-0.3, -0.25) is 0 Å². The summed E-state index contributed by atoms with van der Waals surface area (Å²) in [6.07, 6.45) is 3.99. The molecule has 33 heavy (non-hydrogen) atoms. The van der Waals surface area contributed by atoms with E-state index >= 15 is 0 Å². The summed E-state index contributed by atoms with van der Waals surface area (Å²) in [5.41, 5.74) is 0.583. The van der Waals surface area contributed by atoms with Crippen LogP contribution in [0.3, 0.4) is 0 Å². The Morgan fingerprint density at radius 2 is 1.61 bits per heavy atom. The highest BCUT2D eigenvalue weighted by Gasteiger charge is 2.55. The molecular weight excluding hydrogens is 494 g/mol. The highest BCUT2D eigenvalue weighted by Crippen LogP contribution is 2.47. The monoisotopic (exact) mass is 514 g/mol. The topological polar surface area (TPSA) is 59.9 Å². The lowest BCUT2D eigenvalue weighted by Gasteiger charge is -2.42. The molecule has 2 heterocycles. The third-order valence-corrected chi connectivity index (χ3v) is 7.10. The maximum absolute atomic E-state index is 12.3. The van der Waals surface area contributed by atoms with Gasteiger partial charge < -0.3 is 10.4 Å². The van der Waals surface area contributed by atoms with Crippen LogP contribution in [0.4, 0.5) is 0 Å². The van der Waals surface area contributed by atoms with E-state index in [-0.39, 0.29) is 0 Å². The van der Waals surface area contributed by atoms with Gasteiger partial charge in [-0.2, -0.15) is 9.83 Å². The van der Waals surface area contributed by atoms with Gasteiger partial charge in [0.05, 0.1) is 22.6 Å². The Balaban J connectivity index is 1.80. The number of pyridine rings is 1. The fourth-order valence-corrected chi connectivity index (χ4v) is 5.28. The summed E-state index contributed by atoms with van der Waals surface area (Å²) in [4.78, 5) is 0. The third kappa shape index (κ3) is 3.83. The summed E-state index contributed by atoms with van der Waals surface area (Å²) >= 11 is 8.11. The second-order valence-corrected chi connectivity index (χ2v) is 9.49. The summed E-state index contributed by atoms with van der Waals surface area (Å²) in [5.74, 6) is -0.437. The van der Waals surface area contributed by atoms with Crippen molar-refractivity contribution in [3.8, 4) is 6.07 Å². The van der Waals surface area contributed by atoms with Gasteiger partial charge in [-0.05, 0) is 29.1 Å². The van der Waals surface area contributed by atoms with Crippen LogP contribution < -0.4 is 9.88 Å². The molecule has 3 unspecified atom stereocenters. The number of allylic oxidation sites excluding steroid dienone is 1. The first-order valence-corrected chi connectivity index (χ1v) is 11.8. The van der Waals surface area contributed by atoms with Crippen molar-refractivity contribution in [2.45, 2.75) is 17.7 Å². The molecule has 4 nitrogen and oxygen atoms in total. The van der Waals surface area contributed by atoms with Gasteiger partial charge in [0.1, 0.15) is 0 Å². The van der Waals surface area contributed by atoms with E-state index in [4.69, 9.17) is 0 Å². The van der Waals surface area contributed by atoms with Crippen molar-refractivity contribution in [1.82, 2.24) is 5.32 Å². The molecule has 0 aliphatic carbocycles. The molecule has 3 aromatic carbocycles. The van der Waals surface area contributed by atoms with Crippen LogP contribution in [-0.2, 0) is 5.72 Å². The summed E-state index contributed by atoms with van der Waals surface area (Å²) < 4.78 is 2.95. The predicted octanol–water partition coefficient (Wildman–Crippen LogP) is 5.33. The summed E-state index contributed by atoms with van der Waals surface area (Å²) in [5, 5.41) is 28.1. The fraction of sp³-hybridized carbons (Fsp3) is 0.111. The van der Waals surface area contributed by atoms with Crippen molar-refractivity contribution < 1.29 is 9.67 Å². The Kier molecular flexibility index (Phi) is 5.71. The van der Waals surface area contributed by atoms with Crippen molar-refractivity contribution in [2.24, 2.45) is 0 Å². The van der Waals surface area contributed by atoms with E-state index in [2.05, 4.69) is 46.0 Å². The molecule has 1 aliphatic rings. The van der Waals surface area contributed by atoms with E-state index in [1.807, 2.05) is 95.8 Å². The molecule has 0 spiro atoms. The molecule has 6 heteroatoms. The normalized spacial score (nSPS) is 22.6. The first-order chi connectivity index (χ1) is 16.0. The SMILES string of the molecule is N#CC1=C(S)NC(O)(c2ccccc2)C([n+]2ccc3ccccc3c2)C1c1ccc(Br)cc1. The Hall–Kier alpha value is -3.11. The van der Waals surface area contributed by atoms with Gasteiger partial charge in [-0.1, -0.05) is 76.6 Å². The molecule has 2 N–H and O–H groups in total. The number of hydrogen-bond acceptors (Lipinski definition) is 4. The largest absolute Gasteiger partial charge is 0.362 e. The van der Waals surface area contributed by atoms with Gasteiger partial charge in [0.2, 0.25) is 11.8 Å². The lowest BCUT2D eigenvalue weighted by atomic mass is 9.75. The number of hydrogen-bond donors (Lipinski definition) is 3. The average Bonchev–Trinajstić information content (AvgIpc) is 2.84. The fourth-order valence-electron chi connectivity index (χ4n) is 4.66. The smallest absolute Gasteiger partial charge is 0.227 e. The molecule has 0 fully saturated rings. The molecule has 0 amide bonds. The Bertz CT molecular complexity index is 1400. The zero-order chi connectivity index (χ0) is 23.0. The minimum atomic E-state index is -1.51. The number of nitrogens with zero attached hydrogens (tertiary/aromatic N) is 2. The number of benzene rings is 3. The van der Waals surface area contributed by atoms with E-state index in [1.54, 1.807) is 0 Å². The van der Waals surface area contributed by atoms with Crippen molar-refractivity contribution in [1.29, 1.82) is 5.26 Å². The Morgan fingerprint density at radius 1 is 0.939 bits per heavy atom. The molecule has 0 radical (unpaired) electrons. The molecule has 1 aromatic heterocycles. The summed E-state index contributed by atoms with van der Waals surface area (Å²) in [6, 6.07) is 29.3. The maximum atomic E-state index is 12.3. The van der Waals surface area contributed by atoms with E-state index in [9.17, 15) is 10.4 Å². The molecule has 5 rings (SSSR count). The standard InChI is InChI=1S/C27H20BrN3OS/c28-22-12-10-19(11-13-22)24-23(16-29)26(33)30-27(32,21-8-2-1-3-9-21)25(24)31-15-14-18-6-4-5-7-20(18)17-31/h1-15,17,24-25,30,32H/p+1. The highest BCUT2D eigenvalue weighted by atomic mass is 79.9.